The average molecular weight is 339 g/mol. The largest absolute Gasteiger partial charge is 0.493 e. The van der Waals surface area contributed by atoms with E-state index in [1.54, 1.807) is 13.0 Å². The predicted molar refractivity (Wildman–Crippen MR) is 83.2 cm³/mol. The lowest BCUT2D eigenvalue weighted by Gasteiger charge is -2.10. The van der Waals surface area contributed by atoms with E-state index in [9.17, 15) is 18.5 Å². The van der Waals surface area contributed by atoms with Crippen LogP contribution in [-0.4, -0.2) is 28.9 Å². The maximum absolute atomic E-state index is 12.7. The van der Waals surface area contributed by atoms with Crippen molar-refractivity contribution in [3.05, 3.63) is 45.9 Å². The van der Waals surface area contributed by atoms with Crippen LogP contribution in [0.2, 0.25) is 0 Å². The molecule has 0 atom stereocenters. The van der Waals surface area contributed by atoms with Gasteiger partial charge in [0, 0.05) is 6.92 Å². The lowest BCUT2D eigenvalue weighted by Crippen LogP contribution is -2.17. The Hall–Kier alpha value is -2.42. The molecule has 0 N–H and O–H groups in total. The molecule has 8 nitrogen and oxygen atoms in total. The second-order valence-electron chi connectivity index (χ2n) is 4.97. The highest BCUT2D eigenvalue weighted by Gasteiger charge is 2.31. The molecule has 1 heterocycles. The van der Waals surface area contributed by atoms with Crippen LogP contribution in [0.25, 0.3) is 0 Å². The Labute approximate surface area is 133 Å². The minimum absolute atomic E-state index is 0.0284. The summed E-state index contributed by atoms with van der Waals surface area (Å²) in [5, 5.41) is 11.0. The fourth-order valence-electron chi connectivity index (χ4n) is 2.10. The second kappa shape index (κ2) is 6.37. The van der Waals surface area contributed by atoms with Crippen molar-refractivity contribution in [2.75, 3.05) is 6.61 Å². The molecule has 124 valence electrons. The van der Waals surface area contributed by atoms with E-state index in [1.807, 2.05) is 6.92 Å². The molecule has 0 aliphatic heterocycles. The normalized spacial score (nSPS) is 11.4. The number of rotatable bonds is 6. The summed E-state index contributed by atoms with van der Waals surface area (Å²) in [5.41, 5.74) is 0.639. The van der Waals surface area contributed by atoms with Gasteiger partial charge in [-0.05, 0) is 42.0 Å². The number of imidazole rings is 1. The molecule has 9 heteroatoms. The van der Waals surface area contributed by atoms with Gasteiger partial charge in [0.2, 0.25) is 5.82 Å². The standard InChI is InChI=1S/C14H17N3O5S/c1-4-7-22-13-6-5-12(8-10(13)2)23(20,21)16-11(3)15-9-14(16)17(18)19/h5-6,8-9H,4,7H2,1-3H3. The maximum atomic E-state index is 12.7. The van der Waals surface area contributed by atoms with Crippen LogP contribution in [0.3, 0.4) is 0 Å². The van der Waals surface area contributed by atoms with Crippen molar-refractivity contribution in [2.24, 2.45) is 0 Å². The molecule has 0 radical (unpaired) electrons. The number of aryl methyl sites for hydroxylation is 2. The van der Waals surface area contributed by atoms with Crippen molar-refractivity contribution in [1.82, 2.24) is 8.96 Å². The van der Waals surface area contributed by atoms with Crippen LogP contribution in [0.15, 0.2) is 29.3 Å². The molecule has 0 amide bonds. The first-order valence-electron chi connectivity index (χ1n) is 6.96. The van der Waals surface area contributed by atoms with Crippen LogP contribution >= 0.6 is 0 Å². The molecule has 0 aliphatic rings. The van der Waals surface area contributed by atoms with E-state index in [2.05, 4.69) is 4.98 Å². The highest BCUT2D eigenvalue weighted by Crippen LogP contribution is 2.26. The minimum atomic E-state index is -4.10. The molecular formula is C14H17N3O5S. The van der Waals surface area contributed by atoms with Crippen molar-refractivity contribution in [2.45, 2.75) is 32.1 Å². The first kappa shape index (κ1) is 16.9. The van der Waals surface area contributed by atoms with Crippen LogP contribution in [0.1, 0.15) is 24.7 Å². The SMILES string of the molecule is CCCOc1ccc(S(=O)(=O)n2c([N+](=O)[O-])cnc2C)cc1C. The Kier molecular flexibility index (Phi) is 4.69. The lowest BCUT2D eigenvalue weighted by atomic mass is 10.2. The predicted octanol–water partition coefficient (Wildman–Crippen LogP) is 2.43. The summed E-state index contributed by atoms with van der Waals surface area (Å²) in [6.45, 7) is 5.61. The van der Waals surface area contributed by atoms with Gasteiger partial charge < -0.3 is 14.9 Å². The maximum Gasteiger partial charge on any atom is 0.358 e. The second-order valence-corrected chi connectivity index (χ2v) is 6.75. The summed E-state index contributed by atoms with van der Waals surface area (Å²) >= 11 is 0. The van der Waals surface area contributed by atoms with Crippen molar-refractivity contribution in [3.63, 3.8) is 0 Å². The first-order chi connectivity index (χ1) is 10.8. The van der Waals surface area contributed by atoms with Crippen LogP contribution in [-0.2, 0) is 10.0 Å². The topological polar surface area (TPSA) is 104 Å². The van der Waals surface area contributed by atoms with E-state index in [-0.39, 0.29) is 10.7 Å². The molecule has 2 aromatic rings. The highest BCUT2D eigenvalue weighted by atomic mass is 32.2. The van der Waals surface area contributed by atoms with Crippen molar-refractivity contribution in [1.29, 1.82) is 0 Å². The van der Waals surface area contributed by atoms with Gasteiger partial charge in [0.1, 0.15) is 16.8 Å². The van der Waals surface area contributed by atoms with Gasteiger partial charge in [-0.3, -0.25) is 0 Å². The fourth-order valence-corrected chi connectivity index (χ4v) is 3.63. The highest BCUT2D eigenvalue weighted by molar-refractivity contribution is 7.90. The molecule has 0 spiro atoms. The van der Waals surface area contributed by atoms with Gasteiger partial charge in [-0.2, -0.15) is 8.42 Å². The fraction of sp³-hybridized carbons (Fsp3) is 0.357. The van der Waals surface area contributed by atoms with E-state index < -0.39 is 20.8 Å². The third-order valence-corrected chi connectivity index (χ3v) is 4.98. The molecule has 2 rings (SSSR count). The molecule has 23 heavy (non-hydrogen) atoms. The summed E-state index contributed by atoms with van der Waals surface area (Å²) in [6.07, 6.45) is 1.76. The summed E-state index contributed by atoms with van der Waals surface area (Å²) in [5.74, 6) is 0.0229. The van der Waals surface area contributed by atoms with Crippen LogP contribution in [0.4, 0.5) is 5.82 Å². The third kappa shape index (κ3) is 3.19. The molecule has 0 saturated carbocycles. The number of aromatic nitrogens is 2. The van der Waals surface area contributed by atoms with Gasteiger partial charge >= 0.3 is 15.8 Å². The molecular weight excluding hydrogens is 322 g/mol. The van der Waals surface area contributed by atoms with Crippen molar-refractivity contribution < 1.29 is 18.1 Å². The van der Waals surface area contributed by atoms with Crippen molar-refractivity contribution in [3.8, 4) is 5.75 Å². The number of nitrogens with zero attached hydrogens (tertiary/aromatic N) is 3. The monoisotopic (exact) mass is 339 g/mol. The number of benzene rings is 1. The zero-order valence-corrected chi connectivity index (χ0v) is 13.8. The lowest BCUT2D eigenvalue weighted by molar-refractivity contribution is -0.390. The van der Waals surface area contributed by atoms with Crippen LogP contribution in [0.5, 0.6) is 5.75 Å². The van der Waals surface area contributed by atoms with Gasteiger partial charge in [-0.25, -0.2) is 4.98 Å². The minimum Gasteiger partial charge on any atom is -0.493 e. The summed E-state index contributed by atoms with van der Waals surface area (Å²) in [7, 11) is -4.10. The zero-order valence-electron chi connectivity index (χ0n) is 13.0. The Balaban J connectivity index is 2.51. The molecule has 1 aromatic heterocycles. The van der Waals surface area contributed by atoms with E-state index in [0.29, 0.717) is 21.9 Å². The van der Waals surface area contributed by atoms with Gasteiger partial charge in [-0.1, -0.05) is 10.9 Å². The van der Waals surface area contributed by atoms with E-state index in [0.717, 1.165) is 12.6 Å². The summed E-state index contributed by atoms with van der Waals surface area (Å²) in [6, 6.07) is 4.36. The summed E-state index contributed by atoms with van der Waals surface area (Å²) in [4.78, 5) is 13.9. The van der Waals surface area contributed by atoms with Crippen molar-refractivity contribution >= 4 is 15.8 Å². The van der Waals surface area contributed by atoms with E-state index >= 15 is 0 Å². The quantitative estimate of drug-likeness (QED) is 0.591. The molecule has 1 aromatic carbocycles. The molecule has 0 fully saturated rings. The van der Waals surface area contributed by atoms with E-state index in [4.69, 9.17) is 4.74 Å². The first-order valence-corrected chi connectivity index (χ1v) is 8.40. The third-order valence-electron chi connectivity index (χ3n) is 3.20. The average Bonchev–Trinajstić information content (AvgIpc) is 2.88. The Bertz CT molecular complexity index is 842. The molecule has 0 unspecified atom stereocenters. The van der Waals surface area contributed by atoms with Crippen LogP contribution < -0.4 is 4.74 Å². The van der Waals surface area contributed by atoms with Gasteiger partial charge in [0.05, 0.1) is 6.61 Å². The number of ether oxygens (including phenoxy) is 1. The Morgan fingerprint density at radius 1 is 1.35 bits per heavy atom. The van der Waals surface area contributed by atoms with Crippen LogP contribution in [0, 0.1) is 24.0 Å². The Morgan fingerprint density at radius 3 is 2.61 bits per heavy atom. The molecule has 0 aliphatic carbocycles. The summed E-state index contributed by atoms with van der Waals surface area (Å²) < 4.78 is 31.5. The van der Waals surface area contributed by atoms with Gasteiger partial charge in [-0.15, -0.1) is 0 Å². The van der Waals surface area contributed by atoms with Gasteiger partial charge in [0.25, 0.3) is 0 Å². The van der Waals surface area contributed by atoms with Gasteiger partial charge in [0.15, 0.2) is 0 Å². The number of hydrogen-bond acceptors (Lipinski definition) is 6. The number of nitro groups is 1. The smallest absolute Gasteiger partial charge is 0.358 e. The Morgan fingerprint density at radius 2 is 2.04 bits per heavy atom. The number of hydrogen-bond donors (Lipinski definition) is 0. The molecule has 0 bridgehead atoms. The zero-order chi connectivity index (χ0) is 17.2. The van der Waals surface area contributed by atoms with E-state index in [1.165, 1.54) is 19.1 Å². The molecule has 0 saturated heterocycles.